The predicted molar refractivity (Wildman–Crippen MR) is 56.4 cm³/mol. The van der Waals surface area contributed by atoms with Crippen molar-refractivity contribution < 1.29 is 9.90 Å². The quantitative estimate of drug-likeness (QED) is 0.745. The molecule has 1 aromatic rings. The SMILES string of the molecule is CCc1ccc(C(=O)C(C)(C)O)cc1. The highest BCUT2D eigenvalue weighted by atomic mass is 16.3. The van der Waals surface area contributed by atoms with Gasteiger partial charge in [-0.3, -0.25) is 4.79 Å². The first-order valence-corrected chi connectivity index (χ1v) is 4.81. The van der Waals surface area contributed by atoms with Crippen LogP contribution < -0.4 is 0 Å². The van der Waals surface area contributed by atoms with Crippen molar-refractivity contribution in [1.82, 2.24) is 0 Å². The van der Waals surface area contributed by atoms with Gasteiger partial charge in [0.2, 0.25) is 0 Å². The van der Waals surface area contributed by atoms with Gasteiger partial charge < -0.3 is 5.11 Å². The molecule has 1 N–H and O–H groups in total. The van der Waals surface area contributed by atoms with Crippen LogP contribution in [0, 0.1) is 0 Å². The third-order valence-electron chi connectivity index (χ3n) is 2.18. The summed E-state index contributed by atoms with van der Waals surface area (Å²) in [5.74, 6) is -0.236. The fourth-order valence-corrected chi connectivity index (χ4v) is 1.25. The van der Waals surface area contributed by atoms with E-state index < -0.39 is 5.60 Å². The van der Waals surface area contributed by atoms with E-state index in [1.165, 1.54) is 19.4 Å². The Morgan fingerprint density at radius 1 is 1.29 bits per heavy atom. The molecule has 0 aromatic heterocycles. The highest BCUT2D eigenvalue weighted by molar-refractivity contribution is 6.01. The summed E-state index contributed by atoms with van der Waals surface area (Å²) in [6.07, 6.45) is 0.955. The van der Waals surface area contributed by atoms with Gasteiger partial charge in [-0.2, -0.15) is 0 Å². The van der Waals surface area contributed by atoms with Gasteiger partial charge in [0.15, 0.2) is 5.78 Å². The van der Waals surface area contributed by atoms with Crippen molar-refractivity contribution in [2.24, 2.45) is 0 Å². The van der Waals surface area contributed by atoms with E-state index >= 15 is 0 Å². The third kappa shape index (κ3) is 2.42. The van der Waals surface area contributed by atoms with Crippen LogP contribution in [-0.2, 0) is 6.42 Å². The van der Waals surface area contributed by atoms with Crippen LogP contribution in [0.1, 0.15) is 36.7 Å². The van der Waals surface area contributed by atoms with Crippen LogP contribution in [0.5, 0.6) is 0 Å². The van der Waals surface area contributed by atoms with Crippen LogP contribution in [0.4, 0.5) is 0 Å². The van der Waals surface area contributed by atoms with Gasteiger partial charge in [0.05, 0.1) is 0 Å². The first-order valence-electron chi connectivity index (χ1n) is 4.81. The Balaban J connectivity index is 2.93. The molecule has 14 heavy (non-hydrogen) atoms. The lowest BCUT2D eigenvalue weighted by Crippen LogP contribution is -2.30. The molecular weight excluding hydrogens is 176 g/mol. The Morgan fingerprint density at radius 2 is 1.79 bits per heavy atom. The fourth-order valence-electron chi connectivity index (χ4n) is 1.25. The molecule has 0 bridgehead atoms. The van der Waals surface area contributed by atoms with Crippen LogP contribution >= 0.6 is 0 Å². The van der Waals surface area contributed by atoms with Gasteiger partial charge in [-0.15, -0.1) is 0 Å². The maximum absolute atomic E-state index is 11.6. The van der Waals surface area contributed by atoms with Crippen LogP contribution in [0.3, 0.4) is 0 Å². The monoisotopic (exact) mass is 192 g/mol. The minimum Gasteiger partial charge on any atom is -0.382 e. The maximum Gasteiger partial charge on any atom is 0.193 e. The Labute approximate surface area is 84.6 Å². The number of benzene rings is 1. The number of carbonyl (C=O) groups excluding carboxylic acids is 1. The van der Waals surface area contributed by atoms with Crippen LogP contribution in [-0.4, -0.2) is 16.5 Å². The molecular formula is C12H16O2. The molecule has 2 nitrogen and oxygen atoms in total. The normalized spacial score (nSPS) is 11.4. The number of aryl methyl sites for hydroxylation is 1. The van der Waals surface area contributed by atoms with E-state index in [1.54, 1.807) is 12.1 Å². The number of Topliss-reactive ketones (excluding diaryl/α,β-unsaturated/α-hetero) is 1. The summed E-state index contributed by atoms with van der Waals surface area (Å²) in [6, 6.07) is 7.36. The predicted octanol–water partition coefficient (Wildman–Crippen LogP) is 2.20. The summed E-state index contributed by atoms with van der Waals surface area (Å²) in [5.41, 5.74) is 0.472. The van der Waals surface area contributed by atoms with Crippen molar-refractivity contribution in [2.75, 3.05) is 0 Å². The maximum atomic E-state index is 11.6. The van der Waals surface area contributed by atoms with E-state index in [0.29, 0.717) is 5.56 Å². The summed E-state index contributed by atoms with van der Waals surface area (Å²) < 4.78 is 0. The second-order valence-electron chi connectivity index (χ2n) is 3.94. The molecule has 0 heterocycles. The molecule has 0 amide bonds. The summed E-state index contributed by atoms with van der Waals surface area (Å²) >= 11 is 0. The van der Waals surface area contributed by atoms with Crippen LogP contribution in [0.25, 0.3) is 0 Å². The van der Waals surface area contributed by atoms with E-state index in [4.69, 9.17) is 0 Å². The van der Waals surface area contributed by atoms with Crippen molar-refractivity contribution >= 4 is 5.78 Å². The van der Waals surface area contributed by atoms with Gasteiger partial charge in [0.1, 0.15) is 5.60 Å². The smallest absolute Gasteiger partial charge is 0.193 e. The first-order chi connectivity index (χ1) is 6.45. The molecule has 0 fully saturated rings. The molecule has 1 aromatic carbocycles. The van der Waals surface area contributed by atoms with Crippen molar-refractivity contribution in [3.63, 3.8) is 0 Å². The molecule has 0 radical (unpaired) electrons. The van der Waals surface area contributed by atoms with E-state index in [0.717, 1.165) is 6.42 Å². The Morgan fingerprint density at radius 3 is 2.14 bits per heavy atom. The minimum absolute atomic E-state index is 0.236. The Kier molecular flexibility index (Phi) is 3.06. The fraction of sp³-hybridized carbons (Fsp3) is 0.417. The first kappa shape index (κ1) is 10.9. The highest BCUT2D eigenvalue weighted by Gasteiger charge is 2.24. The van der Waals surface area contributed by atoms with Crippen molar-refractivity contribution in [2.45, 2.75) is 32.8 Å². The Bertz CT molecular complexity index is 317. The van der Waals surface area contributed by atoms with Gasteiger partial charge >= 0.3 is 0 Å². The van der Waals surface area contributed by atoms with Crippen molar-refractivity contribution in [3.8, 4) is 0 Å². The Hall–Kier alpha value is -1.15. The lowest BCUT2D eigenvalue weighted by Gasteiger charge is -2.15. The van der Waals surface area contributed by atoms with Gasteiger partial charge in [0.25, 0.3) is 0 Å². The zero-order valence-electron chi connectivity index (χ0n) is 8.87. The topological polar surface area (TPSA) is 37.3 Å². The van der Waals surface area contributed by atoms with Gasteiger partial charge in [-0.25, -0.2) is 0 Å². The summed E-state index contributed by atoms with van der Waals surface area (Å²) in [6.45, 7) is 5.07. The molecule has 0 saturated carbocycles. The van der Waals surface area contributed by atoms with Crippen LogP contribution in [0.15, 0.2) is 24.3 Å². The summed E-state index contributed by atoms with van der Waals surface area (Å²) in [4.78, 5) is 11.6. The largest absolute Gasteiger partial charge is 0.382 e. The lowest BCUT2D eigenvalue weighted by molar-refractivity contribution is 0.0488. The standard InChI is InChI=1S/C12H16O2/c1-4-9-5-7-10(8-6-9)11(13)12(2,3)14/h5-8,14H,4H2,1-3H3. The molecule has 76 valence electrons. The molecule has 0 aliphatic heterocycles. The molecule has 0 unspecified atom stereocenters. The molecule has 0 atom stereocenters. The van der Waals surface area contributed by atoms with E-state index in [9.17, 15) is 9.90 Å². The molecule has 2 heteroatoms. The average molecular weight is 192 g/mol. The number of carbonyl (C=O) groups is 1. The van der Waals surface area contributed by atoms with Gasteiger partial charge in [-0.1, -0.05) is 31.2 Å². The second kappa shape index (κ2) is 3.93. The second-order valence-corrected chi connectivity index (χ2v) is 3.94. The van der Waals surface area contributed by atoms with E-state index in [1.807, 2.05) is 12.1 Å². The molecule has 0 aliphatic carbocycles. The van der Waals surface area contributed by atoms with Crippen LogP contribution in [0.2, 0.25) is 0 Å². The van der Waals surface area contributed by atoms with Crippen molar-refractivity contribution in [1.29, 1.82) is 0 Å². The highest BCUT2D eigenvalue weighted by Crippen LogP contribution is 2.13. The van der Waals surface area contributed by atoms with E-state index in [-0.39, 0.29) is 5.78 Å². The van der Waals surface area contributed by atoms with Gasteiger partial charge in [0, 0.05) is 5.56 Å². The number of ketones is 1. The molecule has 0 spiro atoms. The zero-order valence-corrected chi connectivity index (χ0v) is 8.87. The molecule has 0 aliphatic rings. The number of hydrogen-bond acceptors (Lipinski definition) is 2. The lowest BCUT2D eigenvalue weighted by atomic mass is 9.96. The average Bonchev–Trinajstić information content (AvgIpc) is 2.15. The molecule has 0 saturated heterocycles. The third-order valence-corrected chi connectivity index (χ3v) is 2.18. The molecule has 1 rings (SSSR count). The summed E-state index contributed by atoms with van der Waals surface area (Å²) in [7, 11) is 0. The number of hydrogen-bond donors (Lipinski definition) is 1. The van der Waals surface area contributed by atoms with Crippen molar-refractivity contribution in [3.05, 3.63) is 35.4 Å². The zero-order chi connectivity index (χ0) is 10.8. The summed E-state index contributed by atoms with van der Waals surface area (Å²) in [5, 5.41) is 9.52. The van der Waals surface area contributed by atoms with E-state index in [2.05, 4.69) is 6.92 Å². The number of aliphatic hydroxyl groups is 1. The minimum atomic E-state index is -1.28. The number of rotatable bonds is 3. The van der Waals surface area contributed by atoms with Gasteiger partial charge in [-0.05, 0) is 25.8 Å².